The topological polar surface area (TPSA) is 44.5 Å². The molecule has 3 nitrogen and oxygen atoms in total. The third kappa shape index (κ3) is 3.44. The van der Waals surface area contributed by atoms with E-state index < -0.39 is 0 Å². The summed E-state index contributed by atoms with van der Waals surface area (Å²) < 4.78 is 10.3. The zero-order chi connectivity index (χ0) is 9.52. The second-order valence-electron chi connectivity index (χ2n) is 2.60. The number of nitrogens with two attached hydrogens (primary N) is 1. The first-order valence-electron chi connectivity index (χ1n) is 4.36. The highest BCUT2D eigenvalue weighted by molar-refractivity contribution is 5.26. The lowest BCUT2D eigenvalue weighted by atomic mass is 10.2. The Hall–Kier alpha value is -1.06. The van der Waals surface area contributed by atoms with E-state index in [1.54, 1.807) is 0 Å². The fourth-order valence-electron chi connectivity index (χ4n) is 0.915. The summed E-state index contributed by atoms with van der Waals surface area (Å²) in [7, 11) is 0. The van der Waals surface area contributed by atoms with Crippen LogP contribution in [0.15, 0.2) is 24.3 Å². The van der Waals surface area contributed by atoms with Gasteiger partial charge in [0.25, 0.3) is 0 Å². The van der Waals surface area contributed by atoms with Gasteiger partial charge in [0, 0.05) is 13.2 Å². The first-order chi connectivity index (χ1) is 6.36. The zero-order valence-corrected chi connectivity index (χ0v) is 7.82. The maximum Gasteiger partial charge on any atom is 0.189 e. The molecule has 0 aromatic heterocycles. The SMILES string of the molecule is CCOCOc1ccc(CN)cc1. The number of rotatable bonds is 5. The summed E-state index contributed by atoms with van der Waals surface area (Å²) >= 11 is 0. The van der Waals surface area contributed by atoms with E-state index in [-0.39, 0.29) is 0 Å². The van der Waals surface area contributed by atoms with Crippen LogP contribution in [-0.4, -0.2) is 13.4 Å². The van der Waals surface area contributed by atoms with E-state index in [0.29, 0.717) is 19.9 Å². The summed E-state index contributed by atoms with van der Waals surface area (Å²) in [5.41, 5.74) is 6.56. The quantitative estimate of drug-likeness (QED) is 0.553. The average molecular weight is 181 g/mol. The van der Waals surface area contributed by atoms with Crippen LogP contribution in [0.2, 0.25) is 0 Å². The summed E-state index contributed by atoms with van der Waals surface area (Å²) in [5.74, 6) is 0.811. The van der Waals surface area contributed by atoms with E-state index in [0.717, 1.165) is 11.3 Å². The number of hydrogen-bond donors (Lipinski definition) is 1. The molecule has 0 aliphatic heterocycles. The Balaban J connectivity index is 2.40. The van der Waals surface area contributed by atoms with Crippen molar-refractivity contribution >= 4 is 0 Å². The van der Waals surface area contributed by atoms with Crippen LogP contribution >= 0.6 is 0 Å². The minimum atomic E-state index is 0.304. The third-order valence-corrected chi connectivity index (χ3v) is 1.67. The molecule has 0 saturated heterocycles. The predicted octanol–water partition coefficient (Wildman–Crippen LogP) is 1.52. The van der Waals surface area contributed by atoms with E-state index >= 15 is 0 Å². The predicted molar refractivity (Wildman–Crippen MR) is 51.5 cm³/mol. The van der Waals surface area contributed by atoms with Crippen molar-refractivity contribution in [2.45, 2.75) is 13.5 Å². The Bertz CT molecular complexity index is 233. The molecule has 1 aromatic carbocycles. The van der Waals surface area contributed by atoms with Gasteiger partial charge in [-0.25, -0.2) is 0 Å². The van der Waals surface area contributed by atoms with Crippen LogP contribution in [0, 0.1) is 0 Å². The largest absolute Gasteiger partial charge is 0.468 e. The van der Waals surface area contributed by atoms with Crippen LogP contribution < -0.4 is 10.5 Å². The van der Waals surface area contributed by atoms with Gasteiger partial charge in [-0.15, -0.1) is 0 Å². The van der Waals surface area contributed by atoms with Crippen molar-refractivity contribution in [3.05, 3.63) is 29.8 Å². The standard InChI is InChI=1S/C10H15NO2/c1-2-12-8-13-10-5-3-9(7-11)4-6-10/h3-6H,2,7-8,11H2,1H3. The molecule has 0 amide bonds. The Morgan fingerprint density at radius 3 is 2.46 bits per heavy atom. The lowest BCUT2D eigenvalue weighted by molar-refractivity contribution is 0.0224. The zero-order valence-electron chi connectivity index (χ0n) is 7.82. The number of ether oxygens (including phenoxy) is 2. The molecule has 0 aliphatic carbocycles. The van der Waals surface area contributed by atoms with Crippen LogP contribution in [0.1, 0.15) is 12.5 Å². The van der Waals surface area contributed by atoms with Crippen LogP contribution in [0.4, 0.5) is 0 Å². The van der Waals surface area contributed by atoms with Crippen molar-refractivity contribution in [3.63, 3.8) is 0 Å². The van der Waals surface area contributed by atoms with Crippen molar-refractivity contribution in [1.82, 2.24) is 0 Å². The van der Waals surface area contributed by atoms with E-state index in [1.807, 2.05) is 31.2 Å². The van der Waals surface area contributed by atoms with Gasteiger partial charge in [-0.05, 0) is 24.6 Å². The molecule has 1 aromatic rings. The molecule has 0 spiro atoms. The van der Waals surface area contributed by atoms with Gasteiger partial charge in [-0.2, -0.15) is 0 Å². The van der Waals surface area contributed by atoms with Gasteiger partial charge in [0.1, 0.15) is 5.75 Å². The molecule has 0 saturated carbocycles. The molecule has 2 N–H and O–H groups in total. The Labute approximate surface area is 78.5 Å². The van der Waals surface area contributed by atoms with Crippen molar-refractivity contribution in [2.75, 3.05) is 13.4 Å². The molecule has 0 bridgehead atoms. The van der Waals surface area contributed by atoms with Crippen molar-refractivity contribution < 1.29 is 9.47 Å². The Morgan fingerprint density at radius 2 is 1.92 bits per heavy atom. The summed E-state index contributed by atoms with van der Waals surface area (Å²) in [4.78, 5) is 0. The monoisotopic (exact) mass is 181 g/mol. The highest BCUT2D eigenvalue weighted by Gasteiger charge is 1.92. The van der Waals surface area contributed by atoms with Gasteiger partial charge in [-0.1, -0.05) is 12.1 Å². The minimum Gasteiger partial charge on any atom is -0.468 e. The van der Waals surface area contributed by atoms with E-state index in [1.165, 1.54) is 0 Å². The van der Waals surface area contributed by atoms with Gasteiger partial charge in [0.15, 0.2) is 6.79 Å². The van der Waals surface area contributed by atoms with Crippen molar-refractivity contribution in [2.24, 2.45) is 5.73 Å². The first-order valence-corrected chi connectivity index (χ1v) is 4.36. The van der Waals surface area contributed by atoms with Crippen LogP contribution in [0.5, 0.6) is 5.75 Å². The summed E-state index contributed by atoms with van der Waals surface area (Å²) in [5, 5.41) is 0. The maximum absolute atomic E-state index is 5.46. The second kappa shape index (κ2) is 5.56. The van der Waals surface area contributed by atoms with Gasteiger partial charge in [-0.3, -0.25) is 0 Å². The van der Waals surface area contributed by atoms with Gasteiger partial charge in [0.05, 0.1) is 0 Å². The maximum atomic E-state index is 5.46. The molecule has 0 aliphatic rings. The fraction of sp³-hybridized carbons (Fsp3) is 0.400. The summed E-state index contributed by atoms with van der Waals surface area (Å²) in [6, 6.07) is 7.67. The second-order valence-corrected chi connectivity index (χ2v) is 2.60. The Morgan fingerprint density at radius 1 is 1.23 bits per heavy atom. The van der Waals surface area contributed by atoms with Crippen LogP contribution in [-0.2, 0) is 11.3 Å². The van der Waals surface area contributed by atoms with Crippen LogP contribution in [0.25, 0.3) is 0 Å². The molecule has 1 rings (SSSR count). The molecule has 72 valence electrons. The minimum absolute atomic E-state index is 0.304. The fourth-order valence-corrected chi connectivity index (χ4v) is 0.915. The molecular formula is C10H15NO2. The molecule has 13 heavy (non-hydrogen) atoms. The first kappa shape index (κ1) is 10.0. The molecule has 3 heteroatoms. The van der Waals surface area contributed by atoms with Crippen molar-refractivity contribution in [3.8, 4) is 5.75 Å². The van der Waals surface area contributed by atoms with Gasteiger partial charge in [0.2, 0.25) is 0 Å². The molecular weight excluding hydrogens is 166 g/mol. The van der Waals surface area contributed by atoms with Gasteiger partial charge >= 0.3 is 0 Å². The summed E-state index contributed by atoms with van der Waals surface area (Å²) in [6.07, 6.45) is 0. The van der Waals surface area contributed by atoms with E-state index in [9.17, 15) is 0 Å². The van der Waals surface area contributed by atoms with Crippen LogP contribution in [0.3, 0.4) is 0 Å². The van der Waals surface area contributed by atoms with Gasteiger partial charge < -0.3 is 15.2 Å². The van der Waals surface area contributed by atoms with E-state index in [2.05, 4.69) is 0 Å². The number of hydrogen-bond acceptors (Lipinski definition) is 3. The molecule has 0 heterocycles. The average Bonchev–Trinajstić information content (AvgIpc) is 2.19. The molecule has 0 radical (unpaired) electrons. The summed E-state index contributed by atoms with van der Waals surface area (Å²) in [6.45, 7) is 3.46. The Kier molecular flexibility index (Phi) is 4.29. The molecule has 0 fully saturated rings. The van der Waals surface area contributed by atoms with Crippen molar-refractivity contribution in [1.29, 1.82) is 0 Å². The lowest BCUT2D eigenvalue weighted by Gasteiger charge is -2.05. The third-order valence-electron chi connectivity index (χ3n) is 1.67. The van der Waals surface area contributed by atoms with E-state index in [4.69, 9.17) is 15.2 Å². The highest BCUT2D eigenvalue weighted by Crippen LogP contribution is 2.11. The normalized spacial score (nSPS) is 10.0. The number of benzene rings is 1. The molecule has 0 atom stereocenters. The molecule has 0 unspecified atom stereocenters. The lowest BCUT2D eigenvalue weighted by Crippen LogP contribution is -2.02. The smallest absolute Gasteiger partial charge is 0.189 e. The highest BCUT2D eigenvalue weighted by atomic mass is 16.7.